The number of hydrogen-bond acceptors (Lipinski definition) is 7. The number of rotatable bonds is 9. The molecule has 0 saturated carbocycles. The van der Waals surface area contributed by atoms with E-state index in [0.717, 1.165) is 29.7 Å². The number of nitrogens with one attached hydrogen (secondary N) is 2. The average Bonchev–Trinajstić information content (AvgIpc) is 3.13. The second-order valence-corrected chi connectivity index (χ2v) is 11.7. The molecule has 11 nitrogen and oxygen atoms in total. The fourth-order valence-electron chi connectivity index (χ4n) is 3.73. The second-order valence-electron chi connectivity index (χ2n) is 10.0. The van der Waals surface area contributed by atoms with E-state index in [1.807, 2.05) is 39.0 Å². The summed E-state index contributed by atoms with van der Waals surface area (Å²) in [7, 11) is -4.24. The minimum Gasteiger partial charge on any atom is -0.437 e. The Balaban J connectivity index is 2.26. The van der Waals surface area contributed by atoms with Gasteiger partial charge in [-0.25, -0.2) is 13.1 Å². The van der Waals surface area contributed by atoms with Gasteiger partial charge < -0.3 is 10.1 Å². The van der Waals surface area contributed by atoms with Crippen molar-refractivity contribution in [3.05, 3.63) is 68.9 Å². The lowest BCUT2D eigenvalue weighted by Crippen LogP contribution is -2.40. The molecule has 0 aliphatic rings. The first-order chi connectivity index (χ1) is 17.7. The van der Waals surface area contributed by atoms with Crippen LogP contribution in [-0.2, 0) is 10.0 Å². The van der Waals surface area contributed by atoms with Crippen molar-refractivity contribution >= 4 is 21.6 Å². The number of nitrogens with zero attached hydrogens (tertiary/aromatic N) is 3. The second kappa shape index (κ2) is 10.9. The fourth-order valence-corrected chi connectivity index (χ4v) is 5.30. The molecule has 0 bridgehead atoms. The number of amides is 1. The van der Waals surface area contributed by atoms with E-state index >= 15 is 0 Å². The van der Waals surface area contributed by atoms with Crippen molar-refractivity contribution in [1.29, 1.82) is 0 Å². The van der Waals surface area contributed by atoms with Crippen molar-refractivity contribution in [2.24, 2.45) is 0 Å². The van der Waals surface area contributed by atoms with Gasteiger partial charge >= 0.3 is 0 Å². The number of benzene rings is 2. The number of aryl methyl sites for hydroxylation is 1. The fraction of sp³-hybridized carbons (Fsp3) is 0.385. The number of sulfonamides is 1. The summed E-state index contributed by atoms with van der Waals surface area (Å²) in [4.78, 5) is 23.3. The molecule has 0 spiro atoms. The van der Waals surface area contributed by atoms with Crippen molar-refractivity contribution in [3.8, 4) is 17.3 Å². The molecule has 0 fully saturated rings. The van der Waals surface area contributed by atoms with Crippen LogP contribution in [0.15, 0.2) is 41.3 Å². The molecule has 2 N–H and O–H groups in total. The maximum atomic E-state index is 13.3. The Kier molecular flexibility index (Phi) is 8.27. The van der Waals surface area contributed by atoms with E-state index in [4.69, 9.17) is 4.74 Å². The molecule has 38 heavy (non-hydrogen) atoms. The van der Waals surface area contributed by atoms with Gasteiger partial charge in [0, 0.05) is 29.8 Å². The number of aromatic nitrogens is 2. The molecule has 1 heterocycles. The minimum absolute atomic E-state index is 0.112. The first-order valence-electron chi connectivity index (χ1n) is 12.1. The first kappa shape index (κ1) is 28.8. The molecule has 12 heteroatoms. The van der Waals surface area contributed by atoms with Crippen LogP contribution in [0.4, 0.5) is 5.69 Å². The maximum Gasteiger partial charge on any atom is 0.272 e. The zero-order valence-corrected chi connectivity index (χ0v) is 23.4. The van der Waals surface area contributed by atoms with Gasteiger partial charge in [0.2, 0.25) is 15.9 Å². The standard InChI is InChI=1S/C26H33N5O6S/c1-8-14-27-24(32)23-18(4)25(30(28-23)20-11-9-10-16(2)17(20)3)37-21-13-12-19(31(33)34)15-22(21)38(35,36)29-26(5,6)7/h9-13,15,29H,8,14H2,1-7H3,(H,27,32). The predicted molar refractivity (Wildman–Crippen MR) is 144 cm³/mol. The number of nitro groups is 1. The van der Waals surface area contributed by atoms with Crippen molar-refractivity contribution in [3.63, 3.8) is 0 Å². The predicted octanol–water partition coefficient (Wildman–Crippen LogP) is 4.71. The molecule has 1 amide bonds. The summed E-state index contributed by atoms with van der Waals surface area (Å²) in [6, 6.07) is 8.92. The third-order valence-corrected chi connectivity index (χ3v) is 7.48. The summed E-state index contributed by atoms with van der Waals surface area (Å²) in [6.45, 7) is 12.8. The van der Waals surface area contributed by atoms with Gasteiger partial charge in [-0.1, -0.05) is 19.1 Å². The Morgan fingerprint density at radius 2 is 1.82 bits per heavy atom. The summed E-state index contributed by atoms with van der Waals surface area (Å²) in [6.07, 6.45) is 0.733. The number of carbonyl (C=O) groups excluding carboxylic acids is 1. The van der Waals surface area contributed by atoms with E-state index in [0.29, 0.717) is 17.8 Å². The first-order valence-corrected chi connectivity index (χ1v) is 13.6. The lowest BCUT2D eigenvalue weighted by atomic mass is 10.1. The van der Waals surface area contributed by atoms with Gasteiger partial charge in [0.1, 0.15) is 10.6 Å². The van der Waals surface area contributed by atoms with Crippen molar-refractivity contribution in [2.45, 2.75) is 65.3 Å². The summed E-state index contributed by atoms with van der Waals surface area (Å²) in [5, 5.41) is 18.8. The lowest BCUT2D eigenvalue weighted by molar-refractivity contribution is -0.385. The Labute approximate surface area is 222 Å². The summed E-state index contributed by atoms with van der Waals surface area (Å²) in [5.41, 5.74) is 1.72. The molecular weight excluding hydrogens is 510 g/mol. The molecule has 1 aromatic heterocycles. The van der Waals surface area contributed by atoms with Crippen molar-refractivity contribution in [2.75, 3.05) is 6.54 Å². The quantitative estimate of drug-likeness (QED) is 0.293. The average molecular weight is 544 g/mol. The van der Waals surface area contributed by atoms with Crippen LogP contribution >= 0.6 is 0 Å². The van der Waals surface area contributed by atoms with Gasteiger partial charge in [0.15, 0.2) is 5.69 Å². The van der Waals surface area contributed by atoms with E-state index in [2.05, 4.69) is 15.1 Å². The van der Waals surface area contributed by atoms with E-state index in [9.17, 15) is 23.3 Å². The van der Waals surface area contributed by atoms with Crippen molar-refractivity contribution in [1.82, 2.24) is 19.8 Å². The van der Waals surface area contributed by atoms with Crippen LogP contribution in [0.25, 0.3) is 5.69 Å². The van der Waals surface area contributed by atoms with Gasteiger partial charge in [-0.15, -0.1) is 0 Å². The monoisotopic (exact) mass is 543 g/mol. The maximum absolute atomic E-state index is 13.3. The molecule has 0 unspecified atom stereocenters. The number of carbonyl (C=O) groups is 1. The summed E-state index contributed by atoms with van der Waals surface area (Å²) in [5.74, 6) is -0.437. The molecule has 0 aliphatic heterocycles. The van der Waals surface area contributed by atoms with Crippen LogP contribution < -0.4 is 14.8 Å². The normalized spacial score (nSPS) is 11.9. The highest BCUT2D eigenvalue weighted by atomic mass is 32.2. The van der Waals surface area contributed by atoms with Gasteiger partial charge in [0.05, 0.1) is 10.6 Å². The van der Waals surface area contributed by atoms with Crippen LogP contribution in [0.3, 0.4) is 0 Å². The van der Waals surface area contributed by atoms with Gasteiger partial charge in [0.25, 0.3) is 11.6 Å². The molecule has 0 aliphatic carbocycles. The Morgan fingerprint density at radius 1 is 1.13 bits per heavy atom. The SMILES string of the molecule is CCCNC(=O)c1nn(-c2cccc(C)c2C)c(Oc2ccc([N+](=O)[O-])cc2S(=O)(=O)NC(C)(C)C)c1C. The van der Waals surface area contributed by atoms with Crippen molar-refractivity contribution < 1.29 is 22.9 Å². The van der Waals surface area contributed by atoms with E-state index in [1.165, 1.54) is 10.7 Å². The third-order valence-electron chi connectivity index (χ3n) is 5.70. The van der Waals surface area contributed by atoms with Crippen LogP contribution in [0, 0.1) is 30.9 Å². The zero-order chi connectivity index (χ0) is 28.4. The number of nitro benzene ring substituents is 1. The molecule has 0 atom stereocenters. The Morgan fingerprint density at radius 3 is 2.42 bits per heavy atom. The minimum atomic E-state index is -4.24. The Bertz CT molecular complexity index is 1490. The molecule has 204 valence electrons. The number of non-ortho nitro benzene ring substituents is 1. The summed E-state index contributed by atoms with van der Waals surface area (Å²) < 4.78 is 36.7. The third kappa shape index (κ3) is 6.20. The van der Waals surface area contributed by atoms with Crippen LogP contribution in [0.2, 0.25) is 0 Å². The number of ether oxygens (including phenoxy) is 1. The lowest BCUT2D eigenvalue weighted by Gasteiger charge is -2.21. The largest absolute Gasteiger partial charge is 0.437 e. The van der Waals surface area contributed by atoms with E-state index in [1.54, 1.807) is 27.7 Å². The smallest absolute Gasteiger partial charge is 0.272 e. The van der Waals surface area contributed by atoms with E-state index in [-0.39, 0.29) is 17.3 Å². The molecule has 3 aromatic rings. The Hall–Kier alpha value is -3.77. The van der Waals surface area contributed by atoms with Gasteiger partial charge in [-0.05, 0) is 71.2 Å². The van der Waals surface area contributed by atoms with E-state index < -0.39 is 37.0 Å². The molecule has 3 rings (SSSR count). The van der Waals surface area contributed by atoms with Crippen LogP contribution in [-0.4, -0.2) is 41.1 Å². The highest BCUT2D eigenvalue weighted by molar-refractivity contribution is 7.89. The molecular formula is C26H33N5O6S. The zero-order valence-electron chi connectivity index (χ0n) is 22.6. The number of hydrogen-bond donors (Lipinski definition) is 2. The summed E-state index contributed by atoms with van der Waals surface area (Å²) >= 11 is 0. The highest BCUT2D eigenvalue weighted by Gasteiger charge is 2.30. The van der Waals surface area contributed by atoms with Crippen LogP contribution in [0.5, 0.6) is 11.6 Å². The van der Waals surface area contributed by atoms with Gasteiger partial charge in [-0.2, -0.15) is 9.78 Å². The molecule has 2 aromatic carbocycles. The van der Waals surface area contributed by atoms with Gasteiger partial charge in [-0.3, -0.25) is 14.9 Å². The highest BCUT2D eigenvalue weighted by Crippen LogP contribution is 2.36. The molecule has 0 saturated heterocycles. The molecule has 0 radical (unpaired) electrons. The topological polar surface area (TPSA) is 145 Å². The van der Waals surface area contributed by atoms with Crippen LogP contribution in [0.1, 0.15) is 61.3 Å².